The number of hydrogen-bond donors (Lipinski definition) is 2. The maximum atomic E-state index is 12.2. The first-order valence-corrected chi connectivity index (χ1v) is 10.2. The van der Waals surface area contributed by atoms with E-state index in [4.69, 9.17) is 0 Å². The van der Waals surface area contributed by atoms with Gasteiger partial charge in [0.25, 0.3) is 0 Å². The lowest BCUT2D eigenvalue weighted by Gasteiger charge is -2.10. The number of halogens is 1. The predicted molar refractivity (Wildman–Crippen MR) is 89.7 cm³/mol. The largest absolute Gasteiger partial charge is 0.313 e. The third kappa shape index (κ3) is 5.73. The zero-order chi connectivity index (χ0) is 15.0. The van der Waals surface area contributed by atoms with E-state index in [9.17, 15) is 8.42 Å². The summed E-state index contributed by atoms with van der Waals surface area (Å²) in [6.45, 7) is 4.13. The molecule has 0 aliphatic carbocycles. The third-order valence-corrected chi connectivity index (χ3v) is 5.71. The summed E-state index contributed by atoms with van der Waals surface area (Å²) in [6.07, 6.45) is 3.00. The molecule has 0 aromatic heterocycles. The fourth-order valence-corrected chi connectivity index (χ4v) is 4.11. The van der Waals surface area contributed by atoms with Crippen molar-refractivity contribution in [2.24, 2.45) is 0 Å². The molecule has 0 saturated heterocycles. The molecule has 0 aliphatic heterocycles. The summed E-state index contributed by atoms with van der Waals surface area (Å²) in [5, 5.41) is 3.27. The van der Waals surface area contributed by atoms with Crippen molar-refractivity contribution in [2.45, 2.75) is 24.8 Å². The van der Waals surface area contributed by atoms with Gasteiger partial charge in [-0.1, -0.05) is 13.0 Å². The van der Waals surface area contributed by atoms with Gasteiger partial charge in [0.05, 0.1) is 4.90 Å². The molecule has 1 aromatic carbocycles. The summed E-state index contributed by atoms with van der Waals surface area (Å²) in [5.74, 6) is 0.759. The molecule has 0 amide bonds. The zero-order valence-electron chi connectivity index (χ0n) is 11.8. The molecule has 1 aromatic rings. The standard InChI is InChI=1S/C13H21BrN2O2S2/c1-3-6-15-10-11-4-5-12(14)13(9-11)20(17,18)16-7-8-19-2/h4-5,9,15-16H,3,6-8,10H2,1-2H3. The van der Waals surface area contributed by atoms with E-state index in [0.29, 0.717) is 22.5 Å². The van der Waals surface area contributed by atoms with Gasteiger partial charge in [-0.15, -0.1) is 0 Å². The first-order valence-electron chi connectivity index (χ1n) is 6.49. The Balaban J connectivity index is 2.84. The smallest absolute Gasteiger partial charge is 0.241 e. The van der Waals surface area contributed by atoms with E-state index >= 15 is 0 Å². The minimum atomic E-state index is -3.45. The molecular weight excluding hydrogens is 360 g/mol. The molecule has 20 heavy (non-hydrogen) atoms. The Morgan fingerprint density at radius 1 is 1.30 bits per heavy atom. The summed E-state index contributed by atoms with van der Waals surface area (Å²) < 4.78 is 27.7. The van der Waals surface area contributed by atoms with Gasteiger partial charge in [-0.3, -0.25) is 0 Å². The summed E-state index contributed by atoms with van der Waals surface area (Å²) in [6, 6.07) is 5.42. The van der Waals surface area contributed by atoms with Crippen molar-refractivity contribution in [1.82, 2.24) is 10.0 Å². The van der Waals surface area contributed by atoms with Crippen LogP contribution in [-0.4, -0.2) is 33.5 Å². The molecule has 2 N–H and O–H groups in total. The van der Waals surface area contributed by atoms with Crippen molar-refractivity contribution in [1.29, 1.82) is 0 Å². The number of hydrogen-bond acceptors (Lipinski definition) is 4. The average Bonchev–Trinajstić information content (AvgIpc) is 2.41. The van der Waals surface area contributed by atoms with Gasteiger partial charge < -0.3 is 5.32 Å². The highest BCUT2D eigenvalue weighted by Gasteiger charge is 2.17. The van der Waals surface area contributed by atoms with Crippen LogP contribution in [-0.2, 0) is 16.6 Å². The fraction of sp³-hybridized carbons (Fsp3) is 0.538. The SMILES string of the molecule is CCCNCc1ccc(Br)c(S(=O)(=O)NCCSC)c1. The molecule has 0 spiro atoms. The molecule has 4 nitrogen and oxygen atoms in total. The summed E-state index contributed by atoms with van der Waals surface area (Å²) in [7, 11) is -3.45. The zero-order valence-corrected chi connectivity index (χ0v) is 15.0. The Morgan fingerprint density at radius 3 is 2.70 bits per heavy atom. The lowest BCUT2D eigenvalue weighted by Crippen LogP contribution is -2.26. The Hall–Kier alpha value is -0.0800. The maximum absolute atomic E-state index is 12.2. The molecular formula is C13H21BrN2O2S2. The van der Waals surface area contributed by atoms with E-state index in [-0.39, 0.29) is 0 Å². The second kappa shape index (κ2) is 9.04. The fourth-order valence-electron chi connectivity index (χ4n) is 1.63. The van der Waals surface area contributed by atoms with Gasteiger partial charge in [0.1, 0.15) is 0 Å². The van der Waals surface area contributed by atoms with Gasteiger partial charge in [0, 0.05) is 23.3 Å². The van der Waals surface area contributed by atoms with E-state index in [2.05, 4.69) is 32.9 Å². The van der Waals surface area contributed by atoms with Crippen molar-refractivity contribution >= 4 is 37.7 Å². The highest BCUT2D eigenvalue weighted by atomic mass is 79.9. The van der Waals surface area contributed by atoms with E-state index < -0.39 is 10.0 Å². The highest BCUT2D eigenvalue weighted by Crippen LogP contribution is 2.23. The van der Waals surface area contributed by atoms with Gasteiger partial charge in [-0.2, -0.15) is 11.8 Å². The van der Waals surface area contributed by atoms with Gasteiger partial charge in [0.15, 0.2) is 0 Å². The molecule has 0 saturated carbocycles. The lowest BCUT2D eigenvalue weighted by atomic mass is 10.2. The normalized spacial score (nSPS) is 11.8. The number of benzene rings is 1. The van der Waals surface area contributed by atoms with Crippen molar-refractivity contribution in [3.8, 4) is 0 Å². The maximum Gasteiger partial charge on any atom is 0.241 e. The Bertz CT molecular complexity index is 521. The molecule has 7 heteroatoms. The van der Waals surface area contributed by atoms with Crippen LogP contribution in [0, 0.1) is 0 Å². The summed E-state index contributed by atoms with van der Waals surface area (Å²) in [5.41, 5.74) is 0.965. The molecule has 0 atom stereocenters. The van der Waals surface area contributed by atoms with Crippen LogP contribution in [0.3, 0.4) is 0 Å². The molecule has 1 rings (SSSR count). The number of thioether (sulfide) groups is 1. The molecule has 0 aliphatic rings. The quantitative estimate of drug-likeness (QED) is 0.646. The van der Waals surface area contributed by atoms with Crippen molar-refractivity contribution in [3.05, 3.63) is 28.2 Å². The number of nitrogens with one attached hydrogen (secondary N) is 2. The van der Waals surface area contributed by atoms with Crippen LogP contribution in [0.15, 0.2) is 27.6 Å². The molecule has 0 radical (unpaired) electrons. The van der Waals surface area contributed by atoms with Gasteiger partial charge in [-0.25, -0.2) is 13.1 Å². The first-order chi connectivity index (χ1) is 9.51. The molecule has 0 unspecified atom stereocenters. The monoisotopic (exact) mass is 380 g/mol. The predicted octanol–water partition coefficient (Wildman–Crippen LogP) is 2.59. The molecule has 0 heterocycles. The lowest BCUT2D eigenvalue weighted by molar-refractivity contribution is 0.583. The van der Waals surface area contributed by atoms with Gasteiger partial charge >= 0.3 is 0 Å². The van der Waals surface area contributed by atoms with Crippen molar-refractivity contribution in [2.75, 3.05) is 25.1 Å². The van der Waals surface area contributed by atoms with Crippen LogP contribution in [0.5, 0.6) is 0 Å². The van der Waals surface area contributed by atoms with E-state index in [1.807, 2.05) is 12.3 Å². The number of rotatable bonds is 9. The summed E-state index contributed by atoms with van der Waals surface area (Å²) >= 11 is 4.92. The average molecular weight is 381 g/mol. The molecule has 114 valence electrons. The number of sulfonamides is 1. The van der Waals surface area contributed by atoms with E-state index in [0.717, 1.165) is 24.3 Å². The summed E-state index contributed by atoms with van der Waals surface area (Å²) in [4.78, 5) is 0.300. The second-order valence-electron chi connectivity index (χ2n) is 4.33. The van der Waals surface area contributed by atoms with Crippen LogP contribution >= 0.6 is 27.7 Å². The van der Waals surface area contributed by atoms with Gasteiger partial charge in [-0.05, 0) is 52.8 Å². The van der Waals surface area contributed by atoms with Gasteiger partial charge in [0.2, 0.25) is 10.0 Å². The van der Waals surface area contributed by atoms with Crippen LogP contribution in [0.25, 0.3) is 0 Å². The van der Waals surface area contributed by atoms with Crippen molar-refractivity contribution < 1.29 is 8.42 Å². The minimum absolute atomic E-state index is 0.300. The first kappa shape index (κ1) is 18.0. The van der Waals surface area contributed by atoms with Crippen LogP contribution in [0.1, 0.15) is 18.9 Å². The molecule has 0 bridgehead atoms. The van der Waals surface area contributed by atoms with Crippen LogP contribution in [0.4, 0.5) is 0 Å². The molecule has 0 fully saturated rings. The Morgan fingerprint density at radius 2 is 2.05 bits per heavy atom. The van der Waals surface area contributed by atoms with Crippen LogP contribution < -0.4 is 10.0 Å². The Kier molecular flexibility index (Phi) is 8.13. The van der Waals surface area contributed by atoms with Crippen LogP contribution in [0.2, 0.25) is 0 Å². The topological polar surface area (TPSA) is 58.2 Å². The third-order valence-electron chi connectivity index (χ3n) is 2.64. The minimum Gasteiger partial charge on any atom is -0.313 e. The Labute approximate surface area is 134 Å². The van der Waals surface area contributed by atoms with Crippen molar-refractivity contribution in [3.63, 3.8) is 0 Å². The second-order valence-corrected chi connectivity index (χ2v) is 7.91. The highest BCUT2D eigenvalue weighted by molar-refractivity contribution is 9.10. The van der Waals surface area contributed by atoms with E-state index in [1.54, 1.807) is 23.9 Å². The van der Waals surface area contributed by atoms with E-state index in [1.165, 1.54) is 0 Å².